The van der Waals surface area contributed by atoms with Crippen molar-refractivity contribution in [1.29, 1.82) is 5.41 Å². The minimum absolute atomic E-state index is 0.0486. The van der Waals surface area contributed by atoms with Crippen molar-refractivity contribution in [3.63, 3.8) is 0 Å². The molecule has 0 aromatic heterocycles. The van der Waals surface area contributed by atoms with Gasteiger partial charge >= 0.3 is 24.1 Å². The third-order valence-corrected chi connectivity index (χ3v) is 5.35. The van der Waals surface area contributed by atoms with E-state index in [1.807, 2.05) is 0 Å². The summed E-state index contributed by atoms with van der Waals surface area (Å²) in [4.78, 5) is 46.2. The number of nitrogens with one attached hydrogen (secondary N) is 2. The lowest BCUT2D eigenvalue weighted by Crippen LogP contribution is -2.27. The molecule has 0 radical (unpaired) electrons. The van der Waals surface area contributed by atoms with Gasteiger partial charge in [-0.3, -0.25) is 15.0 Å². The molecule has 14 heteroatoms. The molecule has 3 amide bonds. The lowest BCUT2D eigenvalue weighted by molar-refractivity contribution is -0.192. The minimum Gasteiger partial charge on any atom is -0.481 e. The highest BCUT2D eigenvalue weighted by atomic mass is 19.4. The maximum Gasteiger partial charge on any atom is 0.490 e. The van der Waals surface area contributed by atoms with Gasteiger partial charge in [0.15, 0.2) is 0 Å². The summed E-state index contributed by atoms with van der Waals surface area (Å²) >= 11 is 0. The van der Waals surface area contributed by atoms with Crippen molar-refractivity contribution >= 4 is 41.1 Å². The fourth-order valence-corrected chi connectivity index (χ4v) is 3.68. The number of carboxylic acid groups (broad SMARTS) is 2. The highest BCUT2D eigenvalue weighted by Gasteiger charge is 2.38. The number of carbonyl (C=O) groups excluding carboxylic acids is 2. The predicted octanol–water partition coefficient (Wildman–Crippen LogP) is 2.63. The summed E-state index contributed by atoms with van der Waals surface area (Å²) in [6.07, 6.45) is -4.46. The van der Waals surface area contributed by atoms with E-state index in [0.29, 0.717) is 41.0 Å². The van der Waals surface area contributed by atoms with Crippen LogP contribution in [-0.4, -0.2) is 52.6 Å². The Hall–Kier alpha value is -4.62. The van der Waals surface area contributed by atoms with Crippen LogP contribution in [0.15, 0.2) is 42.5 Å². The Labute approximate surface area is 208 Å². The number of nitrogens with two attached hydrogens (primary N) is 2. The van der Waals surface area contributed by atoms with Crippen molar-refractivity contribution < 1.29 is 42.6 Å². The highest BCUT2D eigenvalue weighted by Crippen LogP contribution is 2.37. The minimum atomic E-state index is -5.08. The van der Waals surface area contributed by atoms with Crippen molar-refractivity contribution in [3.8, 4) is 0 Å². The first-order valence-corrected chi connectivity index (χ1v) is 10.7. The molecule has 198 valence electrons. The molecule has 1 unspecified atom stereocenters. The van der Waals surface area contributed by atoms with E-state index in [1.54, 1.807) is 47.4 Å². The second kappa shape index (κ2) is 11.9. The summed E-state index contributed by atoms with van der Waals surface area (Å²) in [5.41, 5.74) is 13.7. The van der Waals surface area contributed by atoms with Crippen LogP contribution in [0.4, 0.5) is 29.3 Å². The van der Waals surface area contributed by atoms with Gasteiger partial charge < -0.3 is 31.9 Å². The Morgan fingerprint density at radius 1 is 1.08 bits per heavy atom. The van der Waals surface area contributed by atoms with E-state index < -0.39 is 30.1 Å². The zero-order chi connectivity index (χ0) is 27.9. The maximum atomic E-state index is 13.2. The molecule has 1 aliphatic heterocycles. The molecule has 0 spiro atoms. The van der Waals surface area contributed by atoms with Crippen LogP contribution in [0.3, 0.4) is 0 Å². The number of hydrogen-bond acceptors (Lipinski definition) is 5. The molecule has 0 bridgehead atoms. The third kappa shape index (κ3) is 7.68. The quantitative estimate of drug-likeness (QED) is 0.236. The van der Waals surface area contributed by atoms with E-state index in [-0.39, 0.29) is 24.6 Å². The zero-order valence-corrected chi connectivity index (χ0v) is 19.2. The number of primary amides is 1. The second-order valence-electron chi connectivity index (χ2n) is 7.86. The highest BCUT2D eigenvalue weighted by molar-refractivity contribution is 6.03. The number of carbonyl (C=O) groups is 4. The summed E-state index contributed by atoms with van der Waals surface area (Å²) in [7, 11) is 0. The molecule has 8 N–H and O–H groups in total. The lowest BCUT2D eigenvalue weighted by atomic mass is 9.92. The summed E-state index contributed by atoms with van der Waals surface area (Å²) in [6.45, 7) is 0.484. The SMILES string of the molecule is N=C(N)c1ccc(N2CCC(c3cccc(CCC(=O)O)c3NC(N)=O)C2=O)cc1.O=C(O)C(F)(F)F. The molecule has 0 aliphatic carbocycles. The van der Waals surface area contributed by atoms with Crippen LogP contribution in [0.2, 0.25) is 0 Å². The average molecular weight is 523 g/mol. The van der Waals surface area contributed by atoms with Gasteiger partial charge in [0.1, 0.15) is 5.84 Å². The van der Waals surface area contributed by atoms with Crippen LogP contribution in [0, 0.1) is 5.41 Å². The summed E-state index contributed by atoms with van der Waals surface area (Å²) < 4.78 is 31.7. The van der Waals surface area contributed by atoms with Gasteiger partial charge in [0, 0.05) is 29.9 Å². The normalized spacial score (nSPS) is 14.9. The molecule has 1 saturated heterocycles. The summed E-state index contributed by atoms with van der Waals surface area (Å²) in [6, 6.07) is 11.3. The predicted molar refractivity (Wildman–Crippen MR) is 126 cm³/mol. The number of rotatable bonds is 7. The number of carboxylic acids is 2. The molecular formula is C23H24F3N5O6. The van der Waals surface area contributed by atoms with Crippen molar-refractivity contribution in [3.05, 3.63) is 59.2 Å². The number of halogens is 3. The van der Waals surface area contributed by atoms with Crippen molar-refractivity contribution in [2.75, 3.05) is 16.8 Å². The van der Waals surface area contributed by atoms with Crippen LogP contribution in [-0.2, 0) is 20.8 Å². The van der Waals surface area contributed by atoms with Crippen LogP contribution in [0.1, 0.15) is 35.4 Å². The van der Waals surface area contributed by atoms with E-state index in [4.69, 9.17) is 31.9 Å². The molecular weight excluding hydrogens is 499 g/mol. The Morgan fingerprint density at radius 2 is 1.68 bits per heavy atom. The van der Waals surface area contributed by atoms with Gasteiger partial charge in [0.05, 0.1) is 5.92 Å². The molecule has 1 atom stereocenters. The standard InChI is InChI=1S/C21H23N5O4.C2HF3O2/c22-19(23)13-4-7-14(8-5-13)26-11-10-16(20(26)29)15-3-1-2-12(6-9-17(27)28)18(15)25-21(24)30;3-2(4,5)1(6)7/h1-5,7-8,16H,6,9-11H2,(H3,22,23)(H,27,28)(H3,24,25,30);(H,6,7). The van der Waals surface area contributed by atoms with E-state index in [0.717, 1.165) is 0 Å². The number of nitrogen functional groups attached to an aromatic ring is 1. The van der Waals surface area contributed by atoms with Gasteiger partial charge in [-0.25, -0.2) is 9.59 Å². The van der Waals surface area contributed by atoms with E-state index in [2.05, 4.69) is 5.32 Å². The van der Waals surface area contributed by atoms with E-state index in [1.165, 1.54) is 0 Å². The Bertz CT molecular complexity index is 1200. The first-order valence-electron chi connectivity index (χ1n) is 10.7. The summed E-state index contributed by atoms with van der Waals surface area (Å²) in [5.74, 6) is -4.39. The van der Waals surface area contributed by atoms with Gasteiger partial charge in [0.25, 0.3) is 0 Å². The fourth-order valence-electron chi connectivity index (χ4n) is 3.68. The maximum absolute atomic E-state index is 13.2. The first-order chi connectivity index (χ1) is 17.2. The lowest BCUT2D eigenvalue weighted by Gasteiger charge is -2.20. The number of para-hydroxylation sites is 1. The molecule has 2 aromatic rings. The number of benzene rings is 2. The first kappa shape index (κ1) is 28.6. The number of aryl methyl sites for hydroxylation is 1. The third-order valence-electron chi connectivity index (χ3n) is 5.35. The zero-order valence-electron chi connectivity index (χ0n) is 19.2. The van der Waals surface area contributed by atoms with Crippen LogP contribution >= 0.6 is 0 Å². The largest absolute Gasteiger partial charge is 0.490 e. The second-order valence-corrected chi connectivity index (χ2v) is 7.86. The Morgan fingerprint density at radius 3 is 2.16 bits per heavy atom. The Kier molecular flexibility index (Phi) is 9.19. The summed E-state index contributed by atoms with van der Waals surface area (Å²) in [5, 5.41) is 26.2. The number of nitrogens with zero attached hydrogens (tertiary/aromatic N) is 1. The molecule has 2 aromatic carbocycles. The fraction of sp³-hybridized carbons (Fsp3) is 0.261. The van der Waals surface area contributed by atoms with Gasteiger partial charge in [0.2, 0.25) is 5.91 Å². The average Bonchev–Trinajstić information content (AvgIpc) is 3.18. The molecule has 1 heterocycles. The van der Waals surface area contributed by atoms with Crippen LogP contribution in [0.25, 0.3) is 0 Å². The van der Waals surface area contributed by atoms with Crippen molar-refractivity contribution in [2.24, 2.45) is 11.5 Å². The molecule has 0 saturated carbocycles. The van der Waals surface area contributed by atoms with E-state index >= 15 is 0 Å². The number of anilines is 2. The molecule has 3 rings (SSSR count). The van der Waals surface area contributed by atoms with Gasteiger partial charge in [-0.05, 0) is 48.2 Å². The number of alkyl halides is 3. The smallest absolute Gasteiger partial charge is 0.481 e. The van der Waals surface area contributed by atoms with Gasteiger partial charge in [-0.2, -0.15) is 13.2 Å². The molecule has 37 heavy (non-hydrogen) atoms. The molecule has 1 aliphatic rings. The number of amidine groups is 1. The van der Waals surface area contributed by atoms with E-state index in [9.17, 15) is 27.6 Å². The van der Waals surface area contributed by atoms with Crippen LogP contribution < -0.4 is 21.7 Å². The number of aliphatic carboxylic acids is 2. The van der Waals surface area contributed by atoms with Gasteiger partial charge in [-0.15, -0.1) is 0 Å². The monoisotopic (exact) mass is 523 g/mol. The number of amides is 3. The van der Waals surface area contributed by atoms with Crippen molar-refractivity contribution in [2.45, 2.75) is 31.4 Å². The van der Waals surface area contributed by atoms with Crippen molar-refractivity contribution in [1.82, 2.24) is 0 Å². The van der Waals surface area contributed by atoms with Gasteiger partial charge in [-0.1, -0.05) is 18.2 Å². The number of urea groups is 1. The molecule has 11 nitrogen and oxygen atoms in total. The topological polar surface area (TPSA) is 200 Å². The Balaban J connectivity index is 0.000000604. The van der Waals surface area contributed by atoms with Crippen LogP contribution in [0.5, 0.6) is 0 Å². The number of hydrogen-bond donors (Lipinski definition) is 6. The molecule has 1 fully saturated rings.